The molecule has 1 saturated heterocycles. The maximum atomic E-state index is 12.4. The fourth-order valence-electron chi connectivity index (χ4n) is 3.65. The molecule has 0 spiro atoms. The van der Waals surface area contributed by atoms with Crippen molar-refractivity contribution in [2.45, 2.75) is 19.3 Å². The highest BCUT2D eigenvalue weighted by atomic mass is 79.9. The number of halogens is 1. The van der Waals surface area contributed by atoms with Crippen LogP contribution in [0.4, 0.5) is 11.6 Å². The minimum atomic E-state index is -0.509. The summed E-state index contributed by atoms with van der Waals surface area (Å²) < 4.78 is 0.964. The molecular formula is C23H21BrN6O. The Balaban J connectivity index is 1.62. The molecule has 0 unspecified atom stereocenters. The summed E-state index contributed by atoms with van der Waals surface area (Å²) in [6.07, 6.45) is 5.35. The Morgan fingerprint density at radius 1 is 1.16 bits per heavy atom. The van der Waals surface area contributed by atoms with Crippen LogP contribution in [0.25, 0.3) is 11.3 Å². The van der Waals surface area contributed by atoms with Crippen LogP contribution in [0.5, 0.6) is 0 Å². The number of piperidine rings is 1. The molecule has 1 aliphatic rings. The smallest absolute Gasteiger partial charge is 0.270 e. The minimum Gasteiger partial charge on any atom is -0.371 e. The van der Waals surface area contributed by atoms with Crippen LogP contribution in [-0.4, -0.2) is 29.3 Å². The van der Waals surface area contributed by atoms with Crippen LogP contribution in [0, 0.1) is 11.3 Å². The van der Waals surface area contributed by atoms with E-state index in [0.717, 1.165) is 28.8 Å². The van der Waals surface area contributed by atoms with E-state index in [-0.39, 0.29) is 11.5 Å². The van der Waals surface area contributed by atoms with E-state index < -0.39 is 5.56 Å². The molecule has 2 aromatic carbocycles. The van der Waals surface area contributed by atoms with Crippen molar-refractivity contribution in [2.24, 2.45) is 5.10 Å². The average molecular weight is 477 g/mol. The van der Waals surface area contributed by atoms with E-state index in [1.54, 1.807) is 6.21 Å². The molecule has 0 saturated carbocycles. The second-order valence-corrected chi connectivity index (χ2v) is 8.15. The van der Waals surface area contributed by atoms with E-state index >= 15 is 0 Å². The first-order valence-corrected chi connectivity index (χ1v) is 10.9. The van der Waals surface area contributed by atoms with Crippen LogP contribution in [0.1, 0.15) is 30.4 Å². The molecule has 0 bridgehead atoms. The van der Waals surface area contributed by atoms with E-state index in [1.807, 2.05) is 48.5 Å². The van der Waals surface area contributed by atoms with Gasteiger partial charge in [0.15, 0.2) is 0 Å². The van der Waals surface area contributed by atoms with Gasteiger partial charge in [-0.05, 0) is 37.5 Å². The molecule has 3 aromatic rings. The third-order valence-corrected chi connectivity index (χ3v) is 5.63. The van der Waals surface area contributed by atoms with E-state index in [4.69, 9.17) is 0 Å². The maximum absolute atomic E-state index is 12.4. The number of nitrogens with zero attached hydrogens (tertiary/aromatic N) is 4. The van der Waals surface area contributed by atoms with Gasteiger partial charge in [-0.2, -0.15) is 10.4 Å². The van der Waals surface area contributed by atoms with Gasteiger partial charge in [0.05, 0.1) is 11.9 Å². The van der Waals surface area contributed by atoms with Crippen molar-refractivity contribution in [3.05, 3.63) is 74.5 Å². The summed E-state index contributed by atoms with van der Waals surface area (Å²) in [5, 5.41) is 13.7. The highest BCUT2D eigenvalue weighted by Crippen LogP contribution is 2.26. The number of rotatable bonds is 5. The lowest BCUT2D eigenvalue weighted by atomic mass is 10.1. The van der Waals surface area contributed by atoms with E-state index in [9.17, 15) is 10.1 Å². The normalized spacial score (nSPS) is 13.9. The maximum Gasteiger partial charge on any atom is 0.270 e. The lowest BCUT2D eigenvalue weighted by Gasteiger charge is -2.30. The summed E-state index contributed by atoms with van der Waals surface area (Å²) in [5.74, 6) is 0.175. The van der Waals surface area contributed by atoms with Gasteiger partial charge in [0.25, 0.3) is 5.56 Å². The molecule has 2 heterocycles. The van der Waals surface area contributed by atoms with Crippen molar-refractivity contribution in [1.82, 2.24) is 9.97 Å². The number of aromatic nitrogens is 2. The number of nitriles is 1. The van der Waals surface area contributed by atoms with Crippen molar-refractivity contribution in [2.75, 3.05) is 23.4 Å². The van der Waals surface area contributed by atoms with Gasteiger partial charge in [-0.3, -0.25) is 9.78 Å². The van der Waals surface area contributed by atoms with Gasteiger partial charge in [-0.15, -0.1) is 0 Å². The zero-order chi connectivity index (χ0) is 21.6. The summed E-state index contributed by atoms with van der Waals surface area (Å²) in [4.78, 5) is 21.7. The fourth-order valence-corrected chi connectivity index (χ4v) is 4.03. The topological polar surface area (TPSA) is 97.2 Å². The molecule has 0 amide bonds. The second-order valence-electron chi connectivity index (χ2n) is 7.24. The predicted molar refractivity (Wildman–Crippen MR) is 126 cm³/mol. The Labute approximate surface area is 188 Å². The zero-order valence-electron chi connectivity index (χ0n) is 16.8. The molecule has 7 nitrogen and oxygen atoms in total. The van der Waals surface area contributed by atoms with E-state index in [2.05, 4.69) is 47.4 Å². The molecule has 1 fully saturated rings. The average Bonchev–Trinajstić information content (AvgIpc) is 2.80. The number of nitrogens with one attached hydrogen (secondary N) is 2. The van der Waals surface area contributed by atoms with Crippen LogP contribution in [0.2, 0.25) is 0 Å². The standard InChI is InChI=1S/C23H21BrN6O/c24-18-9-10-20(30-11-5-2-6-12-30)17(13-18)15-26-29-23-27-21(16-7-3-1-4-8-16)19(14-25)22(31)28-23/h1,3-4,7-10,13,15H,2,5-6,11-12H2,(H2,27,28,29,31). The number of hydrogen-bond acceptors (Lipinski definition) is 6. The van der Waals surface area contributed by atoms with Crippen molar-refractivity contribution >= 4 is 33.8 Å². The molecule has 0 aliphatic carbocycles. The van der Waals surface area contributed by atoms with Gasteiger partial charge in [-0.25, -0.2) is 10.4 Å². The largest absolute Gasteiger partial charge is 0.371 e. The molecule has 4 rings (SSSR count). The molecule has 0 radical (unpaired) electrons. The van der Waals surface area contributed by atoms with Crippen molar-refractivity contribution < 1.29 is 0 Å². The van der Waals surface area contributed by atoms with Crippen LogP contribution in [0.3, 0.4) is 0 Å². The summed E-state index contributed by atoms with van der Waals surface area (Å²) in [6.45, 7) is 2.06. The van der Waals surface area contributed by atoms with Gasteiger partial charge in [0.1, 0.15) is 11.6 Å². The Morgan fingerprint density at radius 3 is 2.68 bits per heavy atom. The quantitative estimate of drug-likeness (QED) is 0.417. The SMILES string of the molecule is N#Cc1c(-c2ccccc2)nc(NN=Cc2cc(Br)ccc2N2CCCCC2)[nH]c1=O. The Hall–Kier alpha value is -3.44. The monoisotopic (exact) mass is 476 g/mol. The van der Waals surface area contributed by atoms with Gasteiger partial charge >= 0.3 is 0 Å². The number of benzene rings is 2. The molecule has 0 atom stereocenters. The number of aromatic amines is 1. The summed E-state index contributed by atoms with van der Waals surface area (Å²) in [5.41, 5.74) is 5.37. The highest BCUT2D eigenvalue weighted by Gasteiger charge is 2.15. The predicted octanol–water partition coefficient (Wildman–Crippen LogP) is 4.51. The van der Waals surface area contributed by atoms with E-state index in [0.29, 0.717) is 11.3 Å². The third kappa shape index (κ3) is 4.84. The zero-order valence-corrected chi connectivity index (χ0v) is 18.4. The molecular weight excluding hydrogens is 456 g/mol. The molecule has 2 N–H and O–H groups in total. The Bertz CT molecular complexity index is 1190. The number of H-pyrrole nitrogens is 1. The van der Waals surface area contributed by atoms with Gasteiger partial charge < -0.3 is 4.90 Å². The van der Waals surface area contributed by atoms with Gasteiger partial charge in [-0.1, -0.05) is 46.3 Å². The minimum absolute atomic E-state index is 0.0277. The number of hydrogen-bond donors (Lipinski definition) is 2. The van der Waals surface area contributed by atoms with Crippen LogP contribution in [0.15, 0.2) is 62.9 Å². The highest BCUT2D eigenvalue weighted by molar-refractivity contribution is 9.10. The lowest BCUT2D eigenvalue weighted by Crippen LogP contribution is -2.30. The number of anilines is 2. The van der Waals surface area contributed by atoms with Crippen LogP contribution in [-0.2, 0) is 0 Å². The van der Waals surface area contributed by atoms with E-state index in [1.165, 1.54) is 19.3 Å². The lowest BCUT2D eigenvalue weighted by molar-refractivity contribution is 0.577. The van der Waals surface area contributed by atoms with Crippen LogP contribution < -0.4 is 15.9 Å². The molecule has 156 valence electrons. The molecule has 1 aromatic heterocycles. The third-order valence-electron chi connectivity index (χ3n) is 5.14. The molecule has 8 heteroatoms. The van der Waals surface area contributed by atoms with Crippen LogP contribution >= 0.6 is 15.9 Å². The second kappa shape index (κ2) is 9.58. The first-order valence-electron chi connectivity index (χ1n) is 10.1. The Kier molecular flexibility index (Phi) is 6.43. The summed E-state index contributed by atoms with van der Waals surface area (Å²) in [7, 11) is 0. The summed E-state index contributed by atoms with van der Waals surface area (Å²) in [6, 6.07) is 17.2. The van der Waals surface area contributed by atoms with Crippen molar-refractivity contribution in [3.8, 4) is 17.3 Å². The molecule has 31 heavy (non-hydrogen) atoms. The van der Waals surface area contributed by atoms with Gasteiger partial charge in [0, 0.05) is 34.4 Å². The number of hydrazone groups is 1. The van der Waals surface area contributed by atoms with Crippen molar-refractivity contribution in [3.63, 3.8) is 0 Å². The fraction of sp³-hybridized carbons (Fsp3) is 0.217. The first kappa shape index (κ1) is 20.8. The van der Waals surface area contributed by atoms with Crippen molar-refractivity contribution in [1.29, 1.82) is 5.26 Å². The summed E-state index contributed by atoms with van der Waals surface area (Å²) >= 11 is 3.53. The van der Waals surface area contributed by atoms with Gasteiger partial charge in [0.2, 0.25) is 5.95 Å². The Morgan fingerprint density at radius 2 is 1.94 bits per heavy atom. The first-order chi connectivity index (χ1) is 15.2. The molecule has 1 aliphatic heterocycles.